The first-order valence-electron chi connectivity index (χ1n) is 6.12. The average Bonchev–Trinajstić information content (AvgIpc) is 2.75. The van der Waals surface area contributed by atoms with Crippen LogP contribution >= 0.6 is 22.6 Å². The molecule has 16 heavy (non-hydrogen) atoms. The molecule has 0 saturated heterocycles. The Morgan fingerprint density at radius 2 is 2.19 bits per heavy atom. The maximum Gasteiger partial charge on any atom is 0.0762 e. The van der Waals surface area contributed by atoms with Gasteiger partial charge in [0.1, 0.15) is 0 Å². The highest BCUT2D eigenvalue weighted by molar-refractivity contribution is 14.1. The van der Waals surface area contributed by atoms with Gasteiger partial charge in [-0.05, 0) is 31.9 Å². The average molecular weight is 335 g/mol. The minimum Gasteiger partial charge on any atom is -0.311 e. The molecule has 3 nitrogen and oxygen atoms in total. The number of halogens is 1. The van der Waals surface area contributed by atoms with Crippen LogP contribution in [0, 0.1) is 0 Å². The van der Waals surface area contributed by atoms with Crippen molar-refractivity contribution in [2.24, 2.45) is 0 Å². The molecule has 0 fully saturated rings. The summed E-state index contributed by atoms with van der Waals surface area (Å²) in [6, 6.07) is 2.68. The first-order chi connectivity index (χ1) is 7.81. The Bertz CT molecular complexity index is 282. The van der Waals surface area contributed by atoms with Crippen molar-refractivity contribution in [3.63, 3.8) is 0 Å². The van der Waals surface area contributed by atoms with Gasteiger partial charge in [0.25, 0.3) is 0 Å². The second kappa shape index (κ2) is 8.06. The van der Waals surface area contributed by atoms with Crippen LogP contribution in [0.4, 0.5) is 0 Å². The van der Waals surface area contributed by atoms with Crippen LogP contribution in [0.5, 0.6) is 0 Å². The number of hydrogen-bond acceptors (Lipinski definition) is 2. The number of rotatable bonds is 8. The van der Waals surface area contributed by atoms with Crippen molar-refractivity contribution in [1.29, 1.82) is 0 Å². The lowest BCUT2D eigenvalue weighted by Crippen LogP contribution is -2.16. The molecule has 0 aliphatic heterocycles. The standard InChI is InChI=1S/C12H22IN3/c1-3-12(4-2)16-9-6-11(15-16)10-14-8-5-7-13/h6,9,12,14H,3-5,7-8,10H2,1-2H3. The van der Waals surface area contributed by atoms with Crippen molar-refractivity contribution >= 4 is 22.6 Å². The number of hydrogen-bond donors (Lipinski definition) is 1. The fourth-order valence-corrected chi connectivity index (χ4v) is 2.13. The predicted molar refractivity (Wildman–Crippen MR) is 77.1 cm³/mol. The minimum atomic E-state index is 0.558. The van der Waals surface area contributed by atoms with Crippen LogP contribution in [0.15, 0.2) is 12.3 Å². The zero-order chi connectivity index (χ0) is 11.8. The van der Waals surface area contributed by atoms with Gasteiger partial charge >= 0.3 is 0 Å². The third kappa shape index (κ3) is 4.41. The number of aromatic nitrogens is 2. The van der Waals surface area contributed by atoms with Crippen LogP contribution in [0.25, 0.3) is 0 Å². The van der Waals surface area contributed by atoms with E-state index in [2.05, 4.69) is 63.8 Å². The highest BCUT2D eigenvalue weighted by Crippen LogP contribution is 2.14. The monoisotopic (exact) mass is 335 g/mol. The van der Waals surface area contributed by atoms with E-state index in [9.17, 15) is 0 Å². The summed E-state index contributed by atoms with van der Waals surface area (Å²) in [6.07, 6.45) is 5.64. The summed E-state index contributed by atoms with van der Waals surface area (Å²) in [5, 5.41) is 8.01. The van der Waals surface area contributed by atoms with Crippen LogP contribution in [-0.4, -0.2) is 20.8 Å². The molecule has 0 bridgehead atoms. The van der Waals surface area contributed by atoms with Gasteiger partial charge in [0.2, 0.25) is 0 Å². The summed E-state index contributed by atoms with van der Waals surface area (Å²) < 4.78 is 3.32. The van der Waals surface area contributed by atoms with E-state index in [0.29, 0.717) is 6.04 Å². The summed E-state index contributed by atoms with van der Waals surface area (Å²) >= 11 is 2.40. The molecule has 1 aromatic rings. The molecule has 0 radical (unpaired) electrons. The molecule has 1 heterocycles. The third-order valence-electron chi connectivity index (χ3n) is 2.77. The van der Waals surface area contributed by atoms with Gasteiger partial charge in [-0.1, -0.05) is 36.4 Å². The molecule has 0 atom stereocenters. The molecule has 1 N–H and O–H groups in total. The summed E-state index contributed by atoms with van der Waals surface area (Å²) in [4.78, 5) is 0. The van der Waals surface area contributed by atoms with E-state index in [-0.39, 0.29) is 0 Å². The molecule has 1 aromatic heterocycles. The summed E-state index contributed by atoms with van der Waals surface area (Å²) in [7, 11) is 0. The predicted octanol–water partition coefficient (Wildman–Crippen LogP) is 3.16. The maximum absolute atomic E-state index is 4.60. The zero-order valence-corrected chi connectivity index (χ0v) is 12.4. The zero-order valence-electron chi connectivity index (χ0n) is 10.2. The van der Waals surface area contributed by atoms with Crippen LogP contribution in [0.2, 0.25) is 0 Å². The second-order valence-corrected chi connectivity index (χ2v) is 5.06. The van der Waals surface area contributed by atoms with Crippen molar-refractivity contribution in [3.8, 4) is 0 Å². The van der Waals surface area contributed by atoms with E-state index in [1.54, 1.807) is 0 Å². The molecule has 0 aliphatic carbocycles. The molecular weight excluding hydrogens is 313 g/mol. The van der Waals surface area contributed by atoms with E-state index in [1.807, 2.05) is 0 Å². The van der Waals surface area contributed by atoms with E-state index in [1.165, 1.54) is 10.8 Å². The highest BCUT2D eigenvalue weighted by atomic mass is 127. The summed E-state index contributed by atoms with van der Waals surface area (Å²) in [6.45, 7) is 6.41. The fraction of sp³-hybridized carbons (Fsp3) is 0.750. The summed E-state index contributed by atoms with van der Waals surface area (Å²) in [5.74, 6) is 0. The molecule has 92 valence electrons. The molecule has 0 aliphatic rings. The van der Waals surface area contributed by atoms with Crippen molar-refractivity contribution in [1.82, 2.24) is 15.1 Å². The van der Waals surface area contributed by atoms with Gasteiger partial charge < -0.3 is 5.32 Å². The van der Waals surface area contributed by atoms with Crippen molar-refractivity contribution in [2.75, 3.05) is 11.0 Å². The van der Waals surface area contributed by atoms with Crippen LogP contribution in [0.1, 0.15) is 44.8 Å². The normalized spacial score (nSPS) is 11.2. The van der Waals surface area contributed by atoms with Gasteiger partial charge in [0.15, 0.2) is 0 Å². The molecule has 0 aromatic carbocycles. The molecule has 0 saturated carbocycles. The Labute approximate surface area is 112 Å². The fourth-order valence-electron chi connectivity index (χ4n) is 1.75. The molecule has 0 unspecified atom stereocenters. The smallest absolute Gasteiger partial charge is 0.0762 e. The highest BCUT2D eigenvalue weighted by Gasteiger charge is 2.07. The van der Waals surface area contributed by atoms with Gasteiger partial charge in [-0.15, -0.1) is 0 Å². The lowest BCUT2D eigenvalue weighted by Gasteiger charge is -2.12. The van der Waals surface area contributed by atoms with Crippen LogP contribution in [-0.2, 0) is 6.54 Å². The molecule has 0 spiro atoms. The van der Waals surface area contributed by atoms with Gasteiger partial charge in [0, 0.05) is 17.2 Å². The largest absolute Gasteiger partial charge is 0.311 e. The molecule has 1 rings (SSSR count). The van der Waals surface area contributed by atoms with Crippen molar-refractivity contribution in [2.45, 2.75) is 45.7 Å². The number of nitrogens with one attached hydrogen (secondary N) is 1. The first-order valence-corrected chi connectivity index (χ1v) is 7.65. The lowest BCUT2D eigenvalue weighted by atomic mass is 10.2. The van der Waals surface area contributed by atoms with Crippen molar-refractivity contribution in [3.05, 3.63) is 18.0 Å². The first kappa shape index (κ1) is 14.0. The minimum absolute atomic E-state index is 0.558. The Hall–Kier alpha value is -0.100. The molecule has 4 heteroatoms. The van der Waals surface area contributed by atoms with E-state index in [4.69, 9.17) is 0 Å². The Morgan fingerprint density at radius 1 is 1.44 bits per heavy atom. The van der Waals surface area contributed by atoms with Crippen molar-refractivity contribution < 1.29 is 0 Å². The maximum atomic E-state index is 4.60. The van der Waals surface area contributed by atoms with Gasteiger partial charge in [-0.3, -0.25) is 4.68 Å². The lowest BCUT2D eigenvalue weighted by molar-refractivity contribution is 0.424. The van der Waals surface area contributed by atoms with E-state index < -0.39 is 0 Å². The van der Waals surface area contributed by atoms with Crippen LogP contribution in [0.3, 0.4) is 0 Å². The second-order valence-electron chi connectivity index (χ2n) is 3.98. The molecule has 0 amide bonds. The topological polar surface area (TPSA) is 29.9 Å². The Kier molecular flexibility index (Phi) is 7.03. The van der Waals surface area contributed by atoms with Gasteiger partial charge in [-0.2, -0.15) is 5.10 Å². The SMILES string of the molecule is CCC(CC)n1ccc(CNCCCI)n1. The Morgan fingerprint density at radius 3 is 2.81 bits per heavy atom. The summed E-state index contributed by atoms with van der Waals surface area (Å²) in [5.41, 5.74) is 1.15. The number of nitrogens with zero attached hydrogens (tertiary/aromatic N) is 2. The molecular formula is C12H22IN3. The third-order valence-corrected chi connectivity index (χ3v) is 3.54. The Balaban J connectivity index is 2.38. The quantitative estimate of drug-likeness (QED) is 0.449. The van der Waals surface area contributed by atoms with Gasteiger partial charge in [0.05, 0.1) is 11.7 Å². The number of alkyl halides is 1. The van der Waals surface area contributed by atoms with E-state index in [0.717, 1.165) is 31.6 Å². The van der Waals surface area contributed by atoms with E-state index >= 15 is 0 Å². The van der Waals surface area contributed by atoms with Gasteiger partial charge in [-0.25, -0.2) is 0 Å². The van der Waals surface area contributed by atoms with Crippen LogP contribution < -0.4 is 5.32 Å².